The summed E-state index contributed by atoms with van der Waals surface area (Å²) in [6.07, 6.45) is 1.28. The van der Waals surface area contributed by atoms with Crippen molar-refractivity contribution in [2.45, 2.75) is 0 Å². The molecule has 0 unspecified atom stereocenters. The second-order valence-electron chi connectivity index (χ2n) is 4.86. The van der Waals surface area contributed by atoms with Crippen molar-refractivity contribution in [1.29, 1.82) is 0 Å². The Morgan fingerprint density at radius 1 is 1.08 bits per heavy atom. The number of carbonyl (C=O) groups excluding carboxylic acids is 2. The normalized spacial score (nSPS) is 10.5. The van der Waals surface area contributed by atoms with Crippen molar-refractivity contribution in [3.63, 3.8) is 0 Å². The lowest BCUT2D eigenvalue weighted by atomic mass is 10.2. The Morgan fingerprint density at radius 2 is 1.85 bits per heavy atom. The van der Waals surface area contributed by atoms with E-state index in [4.69, 9.17) is 32.7 Å². The summed E-state index contributed by atoms with van der Waals surface area (Å²) >= 11 is 11.9. The van der Waals surface area contributed by atoms with Gasteiger partial charge in [0.1, 0.15) is 11.5 Å². The van der Waals surface area contributed by atoms with Crippen LogP contribution in [0.4, 0.5) is 5.69 Å². The molecule has 0 saturated carbocycles. The first-order chi connectivity index (χ1) is 12.5. The number of amides is 2. The molecule has 0 saturated heterocycles. The number of nitrogens with zero attached hydrogens (tertiary/aromatic N) is 1. The molecule has 2 aromatic carbocycles. The zero-order valence-corrected chi connectivity index (χ0v) is 15.4. The van der Waals surface area contributed by atoms with Crippen LogP contribution in [0.3, 0.4) is 0 Å². The summed E-state index contributed by atoms with van der Waals surface area (Å²) in [6, 6.07) is 9.75. The number of hydrogen-bond acceptors (Lipinski definition) is 5. The molecule has 0 bridgehead atoms. The van der Waals surface area contributed by atoms with Crippen LogP contribution in [0, 0.1) is 0 Å². The van der Waals surface area contributed by atoms with E-state index >= 15 is 0 Å². The number of carbonyl (C=O) groups is 2. The quantitative estimate of drug-likeness (QED) is 0.462. The van der Waals surface area contributed by atoms with Gasteiger partial charge in [-0.2, -0.15) is 5.10 Å². The molecule has 2 N–H and O–H groups in total. The van der Waals surface area contributed by atoms with Gasteiger partial charge in [-0.1, -0.05) is 35.3 Å². The van der Waals surface area contributed by atoms with Gasteiger partial charge in [-0.05, 0) is 18.2 Å². The average molecular weight is 396 g/mol. The number of nitrogens with one attached hydrogen (secondary N) is 2. The van der Waals surface area contributed by atoms with Crippen LogP contribution in [0.25, 0.3) is 0 Å². The van der Waals surface area contributed by atoms with Gasteiger partial charge in [-0.3, -0.25) is 9.59 Å². The molecule has 0 aromatic heterocycles. The molecule has 136 valence electrons. The maximum Gasteiger partial charge on any atom is 0.329 e. The van der Waals surface area contributed by atoms with Gasteiger partial charge in [0, 0.05) is 11.6 Å². The lowest BCUT2D eigenvalue weighted by Gasteiger charge is -2.11. The van der Waals surface area contributed by atoms with E-state index in [9.17, 15) is 9.59 Å². The van der Waals surface area contributed by atoms with Crippen LogP contribution in [0.15, 0.2) is 41.5 Å². The Bertz CT molecular complexity index is 856. The van der Waals surface area contributed by atoms with Gasteiger partial charge in [0.15, 0.2) is 0 Å². The second kappa shape index (κ2) is 9.07. The van der Waals surface area contributed by atoms with Gasteiger partial charge >= 0.3 is 11.8 Å². The highest BCUT2D eigenvalue weighted by Gasteiger charge is 2.16. The molecule has 0 radical (unpaired) electrons. The first-order valence-electron chi connectivity index (χ1n) is 7.26. The summed E-state index contributed by atoms with van der Waals surface area (Å²) in [4.78, 5) is 23.9. The Labute approximate surface area is 159 Å². The van der Waals surface area contributed by atoms with E-state index in [0.717, 1.165) is 0 Å². The third kappa shape index (κ3) is 4.87. The minimum atomic E-state index is -0.968. The Balaban J connectivity index is 2.03. The molecule has 2 amide bonds. The van der Waals surface area contributed by atoms with Gasteiger partial charge in [0.05, 0.1) is 36.2 Å². The summed E-state index contributed by atoms with van der Waals surface area (Å²) in [5.74, 6) is -1.02. The number of methoxy groups -OCH3 is 2. The molecule has 0 spiro atoms. The largest absolute Gasteiger partial charge is 0.497 e. The highest BCUT2D eigenvalue weighted by Crippen LogP contribution is 2.28. The molecule has 0 aliphatic carbocycles. The number of hydrazone groups is 1. The SMILES string of the molecule is COc1ccc(OC)c(NC(=O)C(=O)N/N=C\c2cccc(Cl)c2Cl)c1. The number of anilines is 1. The molecular formula is C17H15Cl2N3O4. The molecular weight excluding hydrogens is 381 g/mol. The Morgan fingerprint density at radius 3 is 2.54 bits per heavy atom. The topological polar surface area (TPSA) is 89.0 Å². The fraction of sp³-hybridized carbons (Fsp3) is 0.118. The lowest BCUT2D eigenvalue weighted by molar-refractivity contribution is -0.136. The van der Waals surface area contributed by atoms with Crippen LogP contribution in [-0.2, 0) is 9.59 Å². The number of ether oxygens (including phenoxy) is 2. The fourth-order valence-corrected chi connectivity index (χ4v) is 2.28. The Hall–Kier alpha value is -2.77. The molecule has 7 nitrogen and oxygen atoms in total. The van der Waals surface area contributed by atoms with Crippen molar-refractivity contribution in [1.82, 2.24) is 5.43 Å². The van der Waals surface area contributed by atoms with Gasteiger partial charge in [0.2, 0.25) is 0 Å². The maximum atomic E-state index is 12.0. The van der Waals surface area contributed by atoms with Crippen LogP contribution in [0.2, 0.25) is 10.0 Å². The zero-order chi connectivity index (χ0) is 19.1. The molecule has 0 fully saturated rings. The Kier molecular flexibility index (Phi) is 6.82. The first-order valence-corrected chi connectivity index (χ1v) is 8.02. The van der Waals surface area contributed by atoms with Crippen LogP contribution < -0.4 is 20.2 Å². The van der Waals surface area contributed by atoms with Gasteiger partial charge in [-0.15, -0.1) is 0 Å². The van der Waals surface area contributed by atoms with E-state index in [1.807, 2.05) is 0 Å². The van der Waals surface area contributed by atoms with Crippen molar-refractivity contribution in [3.05, 3.63) is 52.0 Å². The van der Waals surface area contributed by atoms with Gasteiger partial charge in [0.25, 0.3) is 0 Å². The molecule has 2 rings (SSSR count). The first kappa shape index (κ1) is 19.6. The second-order valence-corrected chi connectivity index (χ2v) is 5.65. The third-order valence-corrected chi connectivity index (χ3v) is 4.05. The summed E-state index contributed by atoms with van der Waals surface area (Å²) < 4.78 is 10.2. The predicted molar refractivity (Wildman–Crippen MR) is 100 cm³/mol. The van der Waals surface area contributed by atoms with Crippen LogP contribution >= 0.6 is 23.2 Å². The molecule has 0 atom stereocenters. The maximum absolute atomic E-state index is 12.0. The van der Waals surface area contributed by atoms with Gasteiger partial charge in [-0.25, -0.2) is 5.43 Å². The van der Waals surface area contributed by atoms with Crippen LogP contribution in [-0.4, -0.2) is 32.2 Å². The standard InChI is InChI=1S/C17H15Cl2N3O4/c1-25-11-6-7-14(26-2)13(8-11)21-16(23)17(24)22-20-9-10-4-3-5-12(18)15(10)19/h3-9H,1-2H3,(H,21,23)(H,22,24)/b20-9-. The fourth-order valence-electron chi connectivity index (χ4n) is 1.92. The summed E-state index contributed by atoms with van der Waals surface area (Å²) in [5, 5.41) is 6.77. The molecule has 0 heterocycles. The van der Waals surface area contributed by atoms with E-state index in [1.54, 1.807) is 30.3 Å². The third-order valence-electron chi connectivity index (χ3n) is 3.21. The predicted octanol–water partition coefficient (Wildman–Crippen LogP) is 3.10. The van der Waals surface area contributed by atoms with E-state index in [1.165, 1.54) is 26.5 Å². The van der Waals surface area contributed by atoms with Crippen molar-refractivity contribution in [2.24, 2.45) is 5.10 Å². The highest BCUT2D eigenvalue weighted by atomic mass is 35.5. The van der Waals surface area contributed by atoms with Crippen LogP contribution in [0.1, 0.15) is 5.56 Å². The summed E-state index contributed by atoms with van der Waals surface area (Å²) in [5.41, 5.74) is 2.89. The minimum Gasteiger partial charge on any atom is -0.497 e. The number of benzene rings is 2. The van der Waals surface area contributed by atoms with Crippen LogP contribution in [0.5, 0.6) is 11.5 Å². The average Bonchev–Trinajstić information content (AvgIpc) is 2.64. The number of hydrogen-bond donors (Lipinski definition) is 2. The smallest absolute Gasteiger partial charge is 0.329 e. The molecule has 9 heteroatoms. The minimum absolute atomic E-state index is 0.286. The molecule has 0 aliphatic heterocycles. The molecule has 2 aromatic rings. The molecule has 26 heavy (non-hydrogen) atoms. The van der Waals surface area contributed by atoms with Gasteiger partial charge < -0.3 is 14.8 Å². The van der Waals surface area contributed by atoms with E-state index in [-0.39, 0.29) is 10.7 Å². The highest BCUT2D eigenvalue weighted by molar-refractivity contribution is 6.43. The van der Waals surface area contributed by atoms with Crippen molar-refractivity contribution in [2.75, 3.05) is 19.5 Å². The molecule has 0 aliphatic rings. The van der Waals surface area contributed by atoms with Crippen molar-refractivity contribution in [3.8, 4) is 11.5 Å². The summed E-state index contributed by atoms with van der Waals surface area (Å²) in [7, 11) is 2.92. The van der Waals surface area contributed by atoms with Crippen molar-refractivity contribution < 1.29 is 19.1 Å². The number of rotatable bonds is 5. The van der Waals surface area contributed by atoms with E-state index in [0.29, 0.717) is 22.1 Å². The van der Waals surface area contributed by atoms with E-state index in [2.05, 4.69) is 15.8 Å². The lowest BCUT2D eigenvalue weighted by Crippen LogP contribution is -2.32. The van der Waals surface area contributed by atoms with E-state index < -0.39 is 11.8 Å². The van der Waals surface area contributed by atoms with Crippen molar-refractivity contribution >= 4 is 46.9 Å². The zero-order valence-electron chi connectivity index (χ0n) is 13.9. The monoisotopic (exact) mass is 395 g/mol. The summed E-state index contributed by atoms with van der Waals surface area (Å²) in [6.45, 7) is 0. The number of halogens is 2.